The normalized spacial score (nSPS) is 11.2. The molecule has 0 unspecified atom stereocenters. The topological polar surface area (TPSA) is 105 Å². The maximum Gasteiger partial charge on any atom is 0.234 e. The van der Waals surface area contributed by atoms with E-state index in [0.29, 0.717) is 12.1 Å². The van der Waals surface area contributed by atoms with E-state index in [4.69, 9.17) is 15.9 Å². The molecule has 0 aliphatic heterocycles. The minimum absolute atomic E-state index is 0.0726. The van der Waals surface area contributed by atoms with Crippen LogP contribution in [0.4, 0.5) is 5.69 Å². The van der Waals surface area contributed by atoms with Crippen molar-refractivity contribution in [1.29, 1.82) is 5.41 Å². The maximum atomic E-state index is 11.6. The maximum absolute atomic E-state index is 11.6. The average Bonchev–Trinajstić information content (AvgIpc) is 2.28. The van der Waals surface area contributed by atoms with E-state index in [1.54, 1.807) is 24.3 Å². The van der Waals surface area contributed by atoms with Gasteiger partial charge in [-0.2, -0.15) is 0 Å². The lowest BCUT2D eigenvalue weighted by Gasteiger charge is -2.08. The standard InChI is InChI=1S/C11H17N3O3S/c1-17-6-7-18(15,16)14-10-4-2-9(3-5-10)8-11(12)13/h2-5,14H,6-8H2,1H3,(H3,12,13). The highest BCUT2D eigenvalue weighted by Gasteiger charge is 2.09. The molecule has 0 spiro atoms. The lowest BCUT2D eigenvalue weighted by atomic mass is 10.1. The molecule has 0 atom stereocenters. The predicted molar refractivity (Wildman–Crippen MR) is 71.3 cm³/mol. The molecule has 4 N–H and O–H groups in total. The summed E-state index contributed by atoms with van der Waals surface area (Å²) in [5, 5.41) is 7.16. The minimum Gasteiger partial charge on any atom is -0.387 e. The number of hydrogen-bond donors (Lipinski definition) is 3. The Hall–Kier alpha value is -1.60. The van der Waals surface area contributed by atoms with Crippen LogP contribution in [0.1, 0.15) is 5.56 Å². The monoisotopic (exact) mass is 271 g/mol. The van der Waals surface area contributed by atoms with Gasteiger partial charge in [0.05, 0.1) is 18.2 Å². The number of anilines is 1. The highest BCUT2D eigenvalue weighted by atomic mass is 32.2. The van der Waals surface area contributed by atoms with Gasteiger partial charge in [0.25, 0.3) is 0 Å². The Labute approximate surface area is 107 Å². The zero-order valence-electron chi connectivity index (χ0n) is 10.1. The molecule has 1 aromatic carbocycles. The number of hydrogen-bond acceptors (Lipinski definition) is 4. The number of sulfonamides is 1. The number of ether oxygens (including phenoxy) is 1. The summed E-state index contributed by atoms with van der Waals surface area (Å²) in [5.41, 5.74) is 6.62. The first-order chi connectivity index (χ1) is 8.43. The minimum atomic E-state index is -3.37. The summed E-state index contributed by atoms with van der Waals surface area (Å²) in [5.74, 6) is -0.0120. The second-order valence-corrected chi connectivity index (χ2v) is 5.65. The first-order valence-electron chi connectivity index (χ1n) is 5.34. The molecule has 0 radical (unpaired) electrons. The number of amidine groups is 1. The molecule has 1 rings (SSSR count). The van der Waals surface area contributed by atoms with Gasteiger partial charge in [0, 0.05) is 19.2 Å². The van der Waals surface area contributed by atoms with Crippen LogP contribution in [0.3, 0.4) is 0 Å². The smallest absolute Gasteiger partial charge is 0.234 e. The number of nitrogens with one attached hydrogen (secondary N) is 2. The number of nitrogens with two attached hydrogens (primary N) is 1. The van der Waals surface area contributed by atoms with Gasteiger partial charge in [0.15, 0.2) is 0 Å². The van der Waals surface area contributed by atoms with Crippen molar-refractivity contribution in [2.45, 2.75) is 6.42 Å². The number of benzene rings is 1. The average molecular weight is 271 g/mol. The molecule has 1 aromatic rings. The van der Waals surface area contributed by atoms with Crippen LogP contribution in [0.15, 0.2) is 24.3 Å². The van der Waals surface area contributed by atoms with Gasteiger partial charge in [-0.3, -0.25) is 10.1 Å². The van der Waals surface area contributed by atoms with Gasteiger partial charge in [-0.1, -0.05) is 12.1 Å². The largest absolute Gasteiger partial charge is 0.387 e. The predicted octanol–water partition coefficient (Wildman–Crippen LogP) is 0.553. The summed E-state index contributed by atoms with van der Waals surface area (Å²) < 4.78 is 30.3. The van der Waals surface area contributed by atoms with Crippen LogP contribution in [0.5, 0.6) is 0 Å². The molecule has 0 heterocycles. The zero-order valence-corrected chi connectivity index (χ0v) is 11.0. The summed E-state index contributed by atoms with van der Waals surface area (Å²) in [6, 6.07) is 6.75. The van der Waals surface area contributed by atoms with Gasteiger partial charge in [-0.15, -0.1) is 0 Å². The van der Waals surface area contributed by atoms with Crippen molar-refractivity contribution in [3.05, 3.63) is 29.8 Å². The third-order valence-electron chi connectivity index (χ3n) is 2.18. The van der Waals surface area contributed by atoms with Crippen molar-refractivity contribution in [2.75, 3.05) is 24.2 Å². The molecule has 0 saturated carbocycles. The molecule has 0 saturated heterocycles. The van der Waals surface area contributed by atoms with E-state index < -0.39 is 10.0 Å². The summed E-state index contributed by atoms with van der Waals surface area (Å²) in [7, 11) is -1.92. The SMILES string of the molecule is COCCS(=O)(=O)Nc1ccc(CC(=N)N)cc1. The van der Waals surface area contributed by atoms with Crippen molar-refractivity contribution >= 4 is 21.5 Å². The molecule has 6 nitrogen and oxygen atoms in total. The van der Waals surface area contributed by atoms with Crippen LogP contribution in [0.25, 0.3) is 0 Å². The van der Waals surface area contributed by atoms with Gasteiger partial charge < -0.3 is 10.5 Å². The zero-order chi connectivity index (χ0) is 13.6. The Morgan fingerprint density at radius 2 is 2.00 bits per heavy atom. The van der Waals surface area contributed by atoms with Gasteiger partial charge in [-0.25, -0.2) is 8.42 Å². The lowest BCUT2D eigenvalue weighted by Crippen LogP contribution is -2.19. The van der Waals surface area contributed by atoms with E-state index in [0.717, 1.165) is 5.56 Å². The van der Waals surface area contributed by atoms with E-state index in [1.165, 1.54) is 7.11 Å². The number of rotatable bonds is 7. The first kappa shape index (κ1) is 14.5. The fraction of sp³-hybridized carbons (Fsp3) is 0.364. The van der Waals surface area contributed by atoms with Crippen LogP contribution < -0.4 is 10.5 Å². The van der Waals surface area contributed by atoms with Crippen molar-refractivity contribution in [3.8, 4) is 0 Å². The van der Waals surface area contributed by atoms with E-state index >= 15 is 0 Å². The van der Waals surface area contributed by atoms with Gasteiger partial charge >= 0.3 is 0 Å². The molecule has 0 amide bonds. The second kappa shape index (κ2) is 6.36. The summed E-state index contributed by atoms with van der Waals surface area (Å²) in [6.45, 7) is 0.151. The van der Waals surface area contributed by atoms with E-state index in [-0.39, 0.29) is 18.2 Å². The fourth-order valence-electron chi connectivity index (χ4n) is 1.33. The highest BCUT2D eigenvalue weighted by Crippen LogP contribution is 2.11. The molecule has 0 aliphatic carbocycles. The van der Waals surface area contributed by atoms with Crippen LogP contribution >= 0.6 is 0 Å². The van der Waals surface area contributed by atoms with E-state index in [1.807, 2.05) is 0 Å². The quantitative estimate of drug-likeness (QED) is 0.497. The highest BCUT2D eigenvalue weighted by molar-refractivity contribution is 7.92. The van der Waals surface area contributed by atoms with E-state index in [2.05, 4.69) is 4.72 Å². The van der Waals surface area contributed by atoms with Gasteiger partial charge in [0.2, 0.25) is 10.0 Å². The molecule has 0 aromatic heterocycles. The van der Waals surface area contributed by atoms with Gasteiger partial charge in [-0.05, 0) is 17.7 Å². The first-order valence-corrected chi connectivity index (χ1v) is 6.99. The molecule has 0 aliphatic rings. The molecule has 0 bridgehead atoms. The molecule has 100 valence electrons. The Morgan fingerprint density at radius 1 is 1.39 bits per heavy atom. The summed E-state index contributed by atoms with van der Waals surface area (Å²) in [6.07, 6.45) is 0.358. The Balaban J connectivity index is 2.66. The third kappa shape index (κ3) is 5.15. The van der Waals surface area contributed by atoms with Crippen molar-refractivity contribution in [1.82, 2.24) is 0 Å². The molecule has 7 heteroatoms. The van der Waals surface area contributed by atoms with Crippen molar-refractivity contribution < 1.29 is 13.2 Å². The van der Waals surface area contributed by atoms with Gasteiger partial charge in [0.1, 0.15) is 0 Å². The summed E-state index contributed by atoms with van der Waals surface area (Å²) >= 11 is 0. The van der Waals surface area contributed by atoms with E-state index in [9.17, 15) is 8.42 Å². The molecular weight excluding hydrogens is 254 g/mol. The van der Waals surface area contributed by atoms with Crippen molar-refractivity contribution in [3.63, 3.8) is 0 Å². The molecule has 18 heavy (non-hydrogen) atoms. The summed E-state index contributed by atoms with van der Waals surface area (Å²) in [4.78, 5) is 0. The van der Waals surface area contributed by atoms with Crippen LogP contribution in [-0.4, -0.2) is 33.7 Å². The molecular formula is C11H17N3O3S. The van der Waals surface area contributed by atoms with Crippen molar-refractivity contribution in [2.24, 2.45) is 5.73 Å². The Kier molecular flexibility index (Phi) is 5.11. The fourth-order valence-corrected chi connectivity index (χ4v) is 2.32. The third-order valence-corrected chi connectivity index (χ3v) is 3.43. The Bertz CT molecular complexity index is 497. The lowest BCUT2D eigenvalue weighted by molar-refractivity contribution is 0.217. The van der Waals surface area contributed by atoms with Crippen LogP contribution in [0.2, 0.25) is 0 Å². The van der Waals surface area contributed by atoms with Crippen LogP contribution in [0, 0.1) is 5.41 Å². The second-order valence-electron chi connectivity index (χ2n) is 3.81. The molecule has 0 fully saturated rings. The number of methoxy groups -OCH3 is 1. The Morgan fingerprint density at radius 3 is 2.50 bits per heavy atom. The van der Waals surface area contributed by atoms with Crippen LogP contribution in [-0.2, 0) is 21.2 Å².